The first-order valence-electron chi connectivity index (χ1n) is 6.18. The van der Waals surface area contributed by atoms with Crippen molar-refractivity contribution < 1.29 is 0 Å². The molecule has 0 N–H and O–H groups in total. The summed E-state index contributed by atoms with van der Waals surface area (Å²) in [5, 5.41) is 0. The fraction of sp³-hybridized carbons (Fsp3) is 0.846. The number of hydrogen-bond donors (Lipinski definition) is 0. The first-order valence-corrected chi connectivity index (χ1v) is 7.25. The normalized spacial score (nSPS) is 11.3. The van der Waals surface area contributed by atoms with Crippen molar-refractivity contribution in [2.45, 2.75) is 57.8 Å². The topological polar surface area (TPSA) is 0 Å². The van der Waals surface area contributed by atoms with Gasteiger partial charge in [-0.15, -0.1) is 23.2 Å². The highest BCUT2D eigenvalue weighted by molar-refractivity contribution is 6.18. The van der Waals surface area contributed by atoms with Crippen molar-refractivity contribution in [1.29, 1.82) is 0 Å². The SMILES string of the molecule is ClC/C=C/CCCCCCCCCCCl. The van der Waals surface area contributed by atoms with Gasteiger partial charge in [0.1, 0.15) is 0 Å². The maximum absolute atomic E-state index is 5.61. The monoisotopic (exact) mass is 250 g/mol. The maximum Gasteiger partial charge on any atom is 0.0404 e. The van der Waals surface area contributed by atoms with E-state index in [1.165, 1.54) is 57.8 Å². The molecule has 15 heavy (non-hydrogen) atoms. The van der Waals surface area contributed by atoms with Gasteiger partial charge in [-0.2, -0.15) is 0 Å². The third-order valence-corrected chi connectivity index (χ3v) is 2.96. The minimum absolute atomic E-state index is 0.653. The molecule has 0 fully saturated rings. The Morgan fingerprint density at radius 2 is 1.13 bits per heavy atom. The molecule has 0 aromatic carbocycles. The molecule has 0 aliphatic carbocycles. The number of allylic oxidation sites excluding steroid dienone is 2. The number of alkyl halides is 2. The third kappa shape index (κ3) is 14.3. The van der Waals surface area contributed by atoms with E-state index in [0.29, 0.717) is 5.88 Å². The fourth-order valence-corrected chi connectivity index (χ4v) is 1.91. The maximum atomic E-state index is 5.61. The lowest BCUT2D eigenvalue weighted by atomic mass is 10.1. The van der Waals surface area contributed by atoms with Gasteiger partial charge in [-0.05, 0) is 19.3 Å². The van der Waals surface area contributed by atoms with Crippen molar-refractivity contribution in [1.82, 2.24) is 0 Å². The predicted molar refractivity (Wildman–Crippen MR) is 72.1 cm³/mol. The molecule has 0 aromatic rings. The molecule has 0 aliphatic rings. The zero-order valence-electron chi connectivity index (χ0n) is 9.69. The van der Waals surface area contributed by atoms with E-state index >= 15 is 0 Å². The Kier molecular flexibility index (Phi) is 14.6. The lowest BCUT2D eigenvalue weighted by Gasteiger charge is -2.00. The molecular weight excluding hydrogens is 227 g/mol. The molecule has 0 nitrogen and oxygen atoms in total. The molecule has 0 bridgehead atoms. The van der Waals surface area contributed by atoms with Crippen molar-refractivity contribution in [3.05, 3.63) is 12.2 Å². The average molecular weight is 251 g/mol. The molecule has 0 saturated carbocycles. The van der Waals surface area contributed by atoms with Crippen LogP contribution in [-0.2, 0) is 0 Å². The van der Waals surface area contributed by atoms with E-state index in [9.17, 15) is 0 Å². The number of unbranched alkanes of at least 4 members (excludes halogenated alkanes) is 8. The van der Waals surface area contributed by atoms with E-state index in [1.54, 1.807) is 0 Å². The molecule has 0 aromatic heterocycles. The van der Waals surface area contributed by atoms with Crippen molar-refractivity contribution in [2.75, 3.05) is 11.8 Å². The van der Waals surface area contributed by atoms with Crippen LogP contribution in [0.1, 0.15) is 57.8 Å². The van der Waals surface area contributed by atoms with Crippen LogP contribution in [-0.4, -0.2) is 11.8 Å². The van der Waals surface area contributed by atoms with Crippen molar-refractivity contribution >= 4 is 23.2 Å². The summed E-state index contributed by atoms with van der Waals surface area (Å²) >= 11 is 11.1. The van der Waals surface area contributed by atoms with E-state index in [2.05, 4.69) is 6.08 Å². The van der Waals surface area contributed by atoms with E-state index in [-0.39, 0.29) is 0 Å². The summed E-state index contributed by atoms with van der Waals surface area (Å²) in [6, 6.07) is 0. The highest BCUT2D eigenvalue weighted by atomic mass is 35.5. The summed E-state index contributed by atoms with van der Waals surface area (Å²) < 4.78 is 0. The van der Waals surface area contributed by atoms with E-state index < -0.39 is 0 Å². The van der Waals surface area contributed by atoms with Crippen molar-refractivity contribution in [2.24, 2.45) is 0 Å². The van der Waals surface area contributed by atoms with Gasteiger partial charge in [-0.3, -0.25) is 0 Å². The zero-order chi connectivity index (χ0) is 11.2. The van der Waals surface area contributed by atoms with Gasteiger partial charge in [-0.25, -0.2) is 0 Å². The molecule has 90 valence electrons. The van der Waals surface area contributed by atoms with E-state index in [0.717, 1.165) is 5.88 Å². The Hall–Kier alpha value is 0.320. The van der Waals surface area contributed by atoms with Crippen molar-refractivity contribution in [3.63, 3.8) is 0 Å². The molecule has 0 atom stereocenters. The molecular formula is C13H24Cl2. The Morgan fingerprint density at radius 1 is 0.600 bits per heavy atom. The van der Waals surface area contributed by atoms with Crippen LogP contribution < -0.4 is 0 Å². The van der Waals surface area contributed by atoms with Crippen LogP contribution in [0.25, 0.3) is 0 Å². The van der Waals surface area contributed by atoms with Crippen LogP contribution >= 0.6 is 23.2 Å². The lowest BCUT2D eigenvalue weighted by Crippen LogP contribution is -1.81. The van der Waals surface area contributed by atoms with Crippen molar-refractivity contribution in [3.8, 4) is 0 Å². The van der Waals surface area contributed by atoms with E-state index in [4.69, 9.17) is 23.2 Å². The molecule has 0 spiro atoms. The molecule has 2 heteroatoms. The lowest BCUT2D eigenvalue weighted by molar-refractivity contribution is 0.578. The summed E-state index contributed by atoms with van der Waals surface area (Å²) in [4.78, 5) is 0. The van der Waals surface area contributed by atoms with Gasteiger partial charge in [-0.1, -0.05) is 50.7 Å². The van der Waals surface area contributed by atoms with Crippen LogP contribution in [0.15, 0.2) is 12.2 Å². The molecule has 0 rings (SSSR count). The fourth-order valence-electron chi connectivity index (χ4n) is 1.60. The Labute approximate surface area is 105 Å². The Morgan fingerprint density at radius 3 is 1.67 bits per heavy atom. The van der Waals surface area contributed by atoms with Gasteiger partial charge >= 0.3 is 0 Å². The second-order valence-corrected chi connectivity index (χ2v) is 4.62. The summed E-state index contributed by atoms with van der Waals surface area (Å²) in [6.07, 6.45) is 16.1. The Bertz CT molecular complexity index is 132. The second-order valence-electron chi connectivity index (χ2n) is 3.93. The Balaban J connectivity index is 2.89. The van der Waals surface area contributed by atoms with Crippen LogP contribution in [0.4, 0.5) is 0 Å². The minimum Gasteiger partial charge on any atom is -0.127 e. The van der Waals surface area contributed by atoms with Gasteiger partial charge in [0.05, 0.1) is 0 Å². The molecule has 0 amide bonds. The highest BCUT2D eigenvalue weighted by Crippen LogP contribution is 2.10. The van der Waals surface area contributed by atoms with Gasteiger partial charge < -0.3 is 0 Å². The minimum atomic E-state index is 0.653. The van der Waals surface area contributed by atoms with Gasteiger partial charge in [0, 0.05) is 11.8 Å². The highest BCUT2D eigenvalue weighted by Gasteiger charge is 1.91. The zero-order valence-corrected chi connectivity index (χ0v) is 11.2. The summed E-state index contributed by atoms with van der Waals surface area (Å²) in [7, 11) is 0. The first kappa shape index (κ1) is 15.3. The molecule has 0 saturated heterocycles. The molecule has 0 radical (unpaired) electrons. The standard InChI is InChI=1S/C13H24Cl2/c14-12-10-8-6-4-2-1-3-5-7-9-11-13-15/h8,10H,1-7,9,11-13H2/b10-8+. The molecule has 0 heterocycles. The van der Waals surface area contributed by atoms with Crippen LogP contribution in [0, 0.1) is 0 Å². The second kappa shape index (κ2) is 14.3. The molecule has 0 aliphatic heterocycles. The molecule has 0 unspecified atom stereocenters. The number of rotatable bonds is 11. The first-order chi connectivity index (χ1) is 7.41. The van der Waals surface area contributed by atoms with Crippen LogP contribution in [0.5, 0.6) is 0 Å². The average Bonchev–Trinajstić information content (AvgIpc) is 2.26. The number of hydrogen-bond acceptors (Lipinski definition) is 0. The van der Waals surface area contributed by atoms with Crippen LogP contribution in [0.2, 0.25) is 0 Å². The van der Waals surface area contributed by atoms with Gasteiger partial charge in [0.15, 0.2) is 0 Å². The predicted octanol–water partition coefficient (Wildman–Crippen LogP) is 5.53. The summed E-state index contributed by atoms with van der Waals surface area (Å²) in [6.45, 7) is 0. The third-order valence-electron chi connectivity index (χ3n) is 2.51. The van der Waals surface area contributed by atoms with E-state index in [1.807, 2.05) is 6.08 Å². The van der Waals surface area contributed by atoms with Gasteiger partial charge in [0.25, 0.3) is 0 Å². The quantitative estimate of drug-likeness (QED) is 0.257. The summed E-state index contributed by atoms with van der Waals surface area (Å²) in [5.41, 5.74) is 0. The summed E-state index contributed by atoms with van der Waals surface area (Å²) in [5.74, 6) is 1.48. The largest absolute Gasteiger partial charge is 0.127 e. The smallest absolute Gasteiger partial charge is 0.0404 e. The van der Waals surface area contributed by atoms with Crippen LogP contribution in [0.3, 0.4) is 0 Å². The number of halogens is 2. The van der Waals surface area contributed by atoms with Gasteiger partial charge in [0.2, 0.25) is 0 Å².